The first-order chi connectivity index (χ1) is 6.59. The molecule has 2 nitrogen and oxygen atoms in total. The number of aliphatic hydroxyl groups excluding tert-OH is 1. The predicted molar refractivity (Wildman–Crippen MR) is 62.6 cm³/mol. The lowest BCUT2D eigenvalue weighted by Crippen LogP contribution is -2.00. The molecule has 0 saturated heterocycles. The molecular weight excluding hydrogens is 194 g/mol. The Hall–Kier alpha value is -0.670. The molecule has 0 amide bonds. The lowest BCUT2D eigenvalue weighted by molar-refractivity contribution is 0.192. The molecule has 1 rings (SSSR count). The third-order valence-electron chi connectivity index (χ3n) is 1.96. The van der Waals surface area contributed by atoms with Crippen molar-refractivity contribution in [3.8, 4) is 0 Å². The molecule has 3 N–H and O–H groups in total. The third kappa shape index (κ3) is 3.60. The zero-order valence-corrected chi connectivity index (χ0v) is 9.47. The number of hydrogen-bond donors (Lipinski definition) is 2. The van der Waals surface area contributed by atoms with Gasteiger partial charge < -0.3 is 10.8 Å². The molecule has 0 aromatic heterocycles. The molecule has 0 saturated carbocycles. The molecule has 78 valence electrons. The van der Waals surface area contributed by atoms with E-state index in [2.05, 4.69) is 13.0 Å². The van der Waals surface area contributed by atoms with Crippen molar-refractivity contribution >= 4 is 17.4 Å². The van der Waals surface area contributed by atoms with Crippen molar-refractivity contribution in [3.05, 3.63) is 23.8 Å². The van der Waals surface area contributed by atoms with Gasteiger partial charge in [-0.05, 0) is 38.0 Å². The van der Waals surface area contributed by atoms with Crippen molar-refractivity contribution in [2.75, 3.05) is 11.5 Å². The zero-order chi connectivity index (χ0) is 10.6. The molecule has 1 unspecified atom stereocenters. The van der Waals surface area contributed by atoms with Gasteiger partial charge in [-0.15, -0.1) is 11.8 Å². The Morgan fingerprint density at radius 1 is 1.50 bits per heavy atom. The average Bonchev–Trinajstić information content (AvgIpc) is 2.10. The smallest absolute Gasteiger partial charge is 0.0520 e. The maximum absolute atomic E-state index is 9.11. The second-order valence-corrected chi connectivity index (χ2v) is 4.66. The number of anilines is 1. The number of thioether (sulfide) groups is 1. The highest BCUT2D eigenvalue weighted by molar-refractivity contribution is 7.99. The maximum atomic E-state index is 9.11. The monoisotopic (exact) mass is 211 g/mol. The van der Waals surface area contributed by atoms with E-state index >= 15 is 0 Å². The summed E-state index contributed by atoms with van der Waals surface area (Å²) in [4.78, 5) is 1.12. The normalized spacial score (nSPS) is 12.8. The molecule has 1 atom stereocenters. The van der Waals surface area contributed by atoms with Crippen LogP contribution in [-0.4, -0.2) is 17.0 Å². The van der Waals surface area contributed by atoms with Crippen molar-refractivity contribution in [2.24, 2.45) is 0 Å². The Morgan fingerprint density at radius 3 is 2.86 bits per heavy atom. The SMILES string of the molecule is Cc1ccc(N)c(SCCC(C)O)c1. The molecule has 1 aromatic carbocycles. The molecule has 0 heterocycles. The summed E-state index contributed by atoms with van der Waals surface area (Å²) in [5.74, 6) is 0.908. The molecule has 0 aliphatic rings. The van der Waals surface area contributed by atoms with Gasteiger partial charge in [0.05, 0.1) is 6.10 Å². The van der Waals surface area contributed by atoms with Gasteiger partial charge in [0.25, 0.3) is 0 Å². The van der Waals surface area contributed by atoms with Gasteiger partial charge in [0.1, 0.15) is 0 Å². The Labute approximate surface area is 89.5 Å². The fraction of sp³-hybridized carbons (Fsp3) is 0.455. The summed E-state index contributed by atoms with van der Waals surface area (Å²) in [5, 5.41) is 9.11. The van der Waals surface area contributed by atoms with Gasteiger partial charge in [-0.2, -0.15) is 0 Å². The van der Waals surface area contributed by atoms with Gasteiger partial charge in [0, 0.05) is 16.3 Å². The van der Waals surface area contributed by atoms with Crippen molar-refractivity contribution in [2.45, 2.75) is 31.3 Å². The van der Waals surface area contributed by atoms with Gasteiger partial charge in [-0.1, -0.05) is 6.07 Å². The van der Waals surface area contributed by atoms with Crippen LogP contribution in [-0.2, 0) is 0 Å². The minimum Gasteiger partial charge on any atom is -0.398 e. The van der Waals surface area contributed by atoms with Crippen LogP contribution in [0.3, 0.4) is 0 Å². The first-order valence-electron chi connectivity index (χ1n) is 4.76. The van der Waals surface area contributed by atoms with E-state index in [0.717, 1.165) is 22.8 Å². The van der Waals surface area contributed by atoms with Gasteiger partial charge in [0.2, 0.25) is 0 Å². The predicted octanol–water partition coefficient (Wildman–Crippen LogP) is 2.44. The van der Waals surface area contributed by atoms with Gasteiger partial charge in [-0.3, -0.25) is 0 Å². The van der Waals surface area contributed by atoms with Crippen LogP contribution < -0.4 is 5.73 Å². The summed E-state index contributed by atoms with van der Waals surface area (Å²) in [6.07, 6.45) is 0.575. The third-order valence-corrected chi connectivity index (χ3v) is 3.07. The van der Waals surface area contributed by atoms with E-state index in [4.69, 9.17) is 10.8 Å². The molecular formula is C11H17NOS. The van der Waals surface area contributed by atoms with Crippen LogP contribution in [0.4, 0.5) is 5.69 Å². The summed E-state index contributed by atoms with van der Waals surface area (Å²) in [7, 11) is 0. The Morgan fingerprint density at radius 2 is 2.21 bits per heavy atom. The van der Waals surface area contributed by atoms with E-state index in [1.54, 1.807) is 18.7 Å². The Balaban J connectivity index is 2.53. The quantitative estimate of drug-likeness (QED) is 0.594. The van der Waals surface area contributed by atoms with Crippen LogP contribution in [0.1, 0.15) is 18.9 Å². The summed E-state index contributed by atoms with van der Waals surface area (Å²) in [6.45, 7) is 3.86. The van der Waals surface area contributed by atoms with E-state index in [1.807, 2.05) is 12.1 Å². The molecule has 14 heavy (non-hydrogen) atoms. The lowest BCUT2D eigenvalue weighted by atomic mass is 10.2. The van der Waals surface area contributed by atoms with E-state index in [1.165, 1.54) is 5.56 Å². The summed E-state index contributed by atoms with van der Waals surface area (Å²) >= 11 is 1.70. The fourth-order valence-corrected chi connectivity index (χ4v) is 2.29. The highest BCUT2D eigenvalue weighted by atomic mass is 32.2. The highest BCUT2D eigenvalue weighted by Gasteiger charge is 2.01. The number of aliphatic hydroxyl groups is 1. The number of nitrogen functional groups attached to an aromatic ring is 1. The number of aryl methyl sites for hydroxylation is 1. The van der Waals surface area contributed by atoms with Crippen LogP contribution in [0.5, 0.6) is 0 Å². The standard InChI is InChI=1S/C11H17NOS/c1-8-3-4-10(12)11(7-8)14-6-5-9(2)13/h3-4,7,9,13H,5-6,12H2,1-2H3. The van der Waals surface area contributed by atoms with Crippen molar-refractivity contribution < 1.29 is 5.11 Å². The van der Waals surface area contributed by atoms with Crippen molar-refractivity contribution in [3.63, 3.8) is 0 Å². The first-order valence-corrected chi connectivity index (χ1v) is 5.75. The molecule has 1 aromatic rings. The lowest BCUT2D eigenvalue weighted by Gasteiger charge is -2.07. The first kappa shape index (κ1) is 11.4. The zero-order valence-electron chi connectivity index (χ0n) is 8.66. The van der Waals surface area contributed by atoms with Crippen LogP contribution >= 0.6 is 11.8 Å². The molecule has 0 aliphatic heterocycles. The van der Waals surface area contributed by atoms with Crippen molar-refractivity contribution in [1.29, 1.82) is 0 Å². The second-order valence-electron chi connectivity index (χ2n) is 3.53. The topological polar surface area (TPSA) is 46.2 Å². The van der Waals surface area contributed by atoms with E-state index in [0.29, 0.717) is 0 Å². The van der Waals surface area contributed by atoms with Gasteiger partial charge >= 0.3 is 0 Å². The summed E-state index contributed by atoms with van der Waals surface area (Å²) < 4.78 is 0. The molecule has 0 fully saturated rings. The minimum absolute atomic E-state index is 0.228. The minimum atomic E-state index is -0.228. The van der Waals surface area contributed by atoms with Crippen LogP contribution in [0.2, 0.25) is 0 Å². The average molecular weight is 211 g/mol. The highest BCUT2D eigenvalue weighted by Crippen LogP contribution is 2.26. The maximum Gasteiger partial charge on any atom is 0.0520 e. The number of hydrogen-bond acceptors (Lipinski definition) is 3. The molecule has 0 aliphatic carbocycles. The molecule has 3 heteroatoms. The Kier molecular flexibility index (Phi) is 4.29. The van der Waals surface area contributed by atoms with Gasteiger partial charge in [0.15, 0.2) is 0 Å². The van der Waals surface area contributed by atoms with Gasteiger partial charge in [-0.25, -0.2) is 0 Å². The van der Waals surface area contributed by atoms with Crippen LogP contribution in [0, 0.1) is 6.92 Å². The fourth-order valence-electron chi connectivity index (χ4n) is 1.11. The summed E-state index contributed by atoms with van der Waals surface area (Å²) in [5.41, 5.74) is 7.87. The number of nitrogens with two attached hydrogens (primary N) is 1. The molecule has 0 bridgehead atoms. The molecule has 0 spiro atoms. The van der Waals surface area contributed by atoms with Crippen molar-refractivity contribution in [1.82, 2.24) is 0 Å². The largest absolute Gasteiger partial charge is 0.398 e. The summed E-state index contributed by atoms with van der Waals surface area (Å²) in [6, 6.07) is 6.02. The van der Waals surface area contributed by atoms with Crippen LogP contribution in [0.15, 0.2) is 23.1 Å². The second kappa shape index (κ2) is 5.27. The van der Waals surface area contributed by atoms with Crippen LogP contribution in [0.25, 0.3) is 0 Å². The van der Waals surface area contributed by atoms with E-state index < -0.39 is 0 Å². The Bertz CT molecular complexity index is 299. The van der Waals surface area contributed by atoms with E-state index in [9.17, 15) is 0 Å². The number of rotatable bonds is 4. The number of benzene rings is 1. The molecule has 0 radical (unpaired) electrons. The van der Waals surface area contributed by atoms with E-state index in [-0.39, 0.29) is 6.10 Å².